The molecule has 0 saturated heterocycles. The van der Waals surface area contributed by atoms with E-state index in [2.05, 4.69) is 15.0 Å². The molecule has 2 aromatic carbocycles. The normalized spacial score (nSPS) is 19.7. The number of carbonyl (C=O) groups excluding carboxylic acids is 2. The molecule has 0 spiro atoms. The Hall–Kier alpha value is -3.04. The Morgan fingerprint density at radius 3 is 2.34 bits per heavy atom. The molecule has 1 heterocycles. The monoisotopic (exact) mass is 497 g/mol. The van der Waals surface area contributed by atoms with E-state index in [0.717, 1.165) is 22.5 Å². The number of fused-ring (bicyclic) bond motifs is 1. The van der Waals surface area contributed by atoms with Crippen LogP contribution >= 0.6 is 0 Å². The number of aliphatic imine (C=N–C) groups is 1. The average Bonchev–Trinajstić information content (AvgIpc) is 3.22. The fraction of sp³-hybridized carbons (Fsp3) is 0.423. The zero-order valence-corrected chi connectivity index (χ0v) is 21.0. The fourth-order valence-corrected chi connectivity index (χ4v) is 5.88. The number of rotatable bonds is 7. The molecule has 2 aromatic rings. The van der Waals surface area contributed by atoms with Gasteiger partial charge in [0, 0.05) is 25.1 Å². The van der Waals surface area contributed by atoms with Crippen LogP contribution < -0.4 is 10.0 Å². The Labute approximate surface area is 206 Å². The molecule has 0 aromatic heterocycles. The van der Waals surface area contributed by atoms with E-state index >= 15 is 0 Å². The highest BCUT2D eigenvalue weighted by Gasteiger charge is 2.31. The highest BCUT2D eigenvalue weighted by atomic mass is 32.2. The third-order valence-electron chi connectivity index (χ3n) is 6.25. The van der Waals surface area contributed by atoms with Crippen LogP contribution in [0.1, 0.15) is 57.6 Å². The van der Waals surface area contributed by atoms with Gasteiger partial charge in [-0.05, 0) is 81.0 Å². The summed E-state index contributed by atoms with van der Waals surface area (Å²) in [5, 5.41) is 2.74. The van der Waals surface area contributed by atoms with Crippen LogP contribution in [0.2, 0.25) is 0 Å². The number of esters is 1. The Balaban J connectivity index is 1.38. The topological polar surface area (TPSA) is 114 Å². The van der Waals surface area contributed by atoms with Crippen LogP contribution in [-0.2, 0) is 30.8 Å². The lowest BCUT2D eigenvalue weighted by atomic mass is 9.86. The molecule has 1 amide bonds. The van der Waals surface area contributed by atoms with Crippen molar-refractivity contribution in [3.05, 3.63) is 53.6 Å². The maximum Gasteiger partial charge on any atom is 0.309 e. The third-order valence-corrected chi connectivity index (χ3v) is 7.77. The minimum atomic E-state index is -3.69. The number of nitrogens with one attached hydrogen (secondary N) is 2. The molecule has 1 fully saturated rings. The zero-order chi connectivity index (χ0) is 25.2. The van der Waals surface area contributed by atoms with E-state index in [1.807, 2.05) is 38.1 Å². The van der Waals surface area contributed by atoms with Crippen molar-refractivity contribution in [2.45, 2.75) is 69.9 Å². The molecular weight excluding hydrogens is 466 g/mol. The lowest BCUT2D eigenvalue weighted by molar-refractivity contribution is -0.153. The van der Waals surface area contributed by atoms with Gasteiger partial charge >= 0.3 is 5.97 Å². The fourth-order valence-electron chi connectivity index (χ4n) is 4.52. The second-order valence-electron chi connectivity index (χ2n) is 9.44. The van der Waals surface area contributed by atoms with Crippen molar-refractivity contribution in [3.8, 4) is 0 Å². The molecule has 9 heteroatoms. The van der Waals surface area contributed by atoms with Gasteiger partial charge in [-0.3, -0.25) is 14.6 Å². The van der Waals surface area contributed by atoms with Gasteiger partial charge in [-0.15, -0.1) is 0 Å². The van der Waals surface area contributed by atoms with Crippen LogP contribution in [-0.4, -0.2) is 38.2 Å². The number of sulfonamides is 1. The summed E-state index contributed by atoms with van der Waals surface area (Å²) >= 11 is 0. The van der Waals surface area contributed by atoms with Gasteiger partial charge in [0.1, 0.15) is 0 Å². The van der Waals surface area contributed by atoms with Crippen LogP contribution in [0.3, 0.4) is 0 Å². The molecule has 0 radical (unpaired) electrons. The van der Waals surface area contributed by atoms with E-state index in [1.165, 1.54) is 6.92 Å². The van der Waals surface area contributed by atoms with Crippen molar-refractivity contribution in [2.75, 3.05) is 5.32 Å². The van der Waals surface area contributed by atoms with Crippen molar-refractivity contribution in [3.63, 3.8) is 0 Å². The second-order valence-corrected chi connectivity index (χ2v) is 11.2. The molecule has 2 aliphatic rings. The maximum absolute atomic E-state index is 13.1. The van der Waals surface area contributed by atoms with Gasteiger partial charge in [-0.2, -0.15) is 0 Å². The minimum absolute atomic E-state index is 0.132. The van der Waals surface area contributed by atoms with Gasteiger partial charge in [0.05, 0.1) is 28.3 Å². The van der Waals surface area contributed by atoms with Gasteiger partial charge in [0.25, 0.3) is 0 Å². The SMILES string of the molecule is CC(=O)Nc1ccc(C2=Nc3ccc(S(=O)(=O)NC4CCC(C(=O)OC(C)C)CC4)cc3C2)cc1. The van der Waals surface area contributed by atoms with Crippen molar-refractivity contribution in [2.24, 2.45) is 10.9 Å². The average molecular weight is 498 g/mol. The highest BCUT2D eigenvalue weighted by molar-refractivity contribution is 7.89. The van der Waals surface area contributed by atoms with Gasteiger partial charge in [0.15, 0.2) is 0 Å². The summed E-state index contributed by atoms with van der Waals surface area (Å²) in [4.78, 5) is 28.2. The summed E-state index contributed by atoms with van der Waals surface area (Å²) < 4.78 is 34.2. The van der Waals surface area contributed by atoms with Crippen molar-refractivity contribution in [1.82, 2.24) is 4.72 Å². The molecule has 1 aliphatic heterocycles. The lowest BCUT2D eigenvalue weighted by Gasteiger charge is -2.28. The van der Waals surface area contributed by atoms with Crippen LogP contribution in [0.15, 0.2) is 52.4 Å². The number of ether oxygens (including phenoxy) is 1. The second kappa shape index (κ2) is 10.3. The molecular formula is C26H31N3O5S. The molecule has 1 aliphatic carbocycles. The number of carbonyl (C=O) groups is 2. The Morgan fingerprint density at radius 1 is 1.03 bits per heavy atom. The predicted octanol–water partition coefficient (Wildman–Crippen LogP) is 4.11. The number of hydrogen-bond acceptors (Lipinski definition) is 6. The smallest absolute Gasteiger partial charge is 0.309 e. The third kappa shape index (κ3) is 6.15. The molecule has 1 saturated carbocycles. The Bertz CT molecular complexity index is 1240. The number of amides is 1. The van der Waals surface area contributed by atoms with Crippen molar-refractivity contribution < 1.29 is 22.7 Å². The summed E-state index contributed by atoms with van der Waals surface area (Å²) in [7, 11) is -3.69. The molecule has 2 N–H and O–H groups in total. The Kier molecular flexibility index (Phi) is 7.37. The molecule has 8 nitrogen and oxygen atoms in total. The van der Waals surface area contributed by atoms with E-state index in [9.17, 15) is 18.0 Å². The number of nitrogens with zero attached hydrogens (tertiary/aromatic N) is 1. The van der Waals surface area contributed by atoms with E-state index in [0.29, 0.717) is 37.8 Å². The standard InChI is InChI=1S/C26H31N3O5S/c1-16(2)34-26(31)19-6-10-22(11-7-19)29-35(32,33)23-12-13-24-20(14-23)15-25(28-24)18-4-8-21(9-5-18)27-17(3)30/h4-5,8-9,12-14,16,19,22,29H,6-7,10-11,15H2,1-3H3,(H,27,30). The highest BCUT2D eigenvalue weighted by Crippen LogP contribution is 2.32. The molecule has 4 rings (SSSR count). The summed E-state index contributed by atoms with van der Waals surface area (Å²) in [5.41, 5.74) is 4.10. The number of hydrogen-bond donors (Lipinski definition) is 2. The van der Waals surface area contributed by atoms with Crippen LogP contribution in [0.25, 0.3) is 0 Å². The summed E-state index contributed by atoms with van der Waals surface area (Å²) in [6.07, 6.45) is 2.81. The van der Waals surface area contributed by atoms with Crippen LogP contribution in [0, 0.1) is 5.92 Å². The van der Waals surface area contributed by atoms with Crippen molar-refractivity contribution >= 4 is 39.0 Å². The number of anilines is 1. The largest absolute Gasteiger partial charge is 0.463 e. The predicted molar refractivity (Wildman–Crippen MR) is 134 cm³/mol. The molecule has 0 bridgehead atoms. The van der Waals surface area contributed by atoms with Gasteiger partial charge in [-0.25, -0.2) is 13.1 Å². The maximum atomic E-state index is 13.1. The van der Waals surface area contributed by atoms with E-state index in [1.54, 1.807) is 18.2 Å². The summed E-state index contributed by atoms with van der Waals surface area (Å²) in [5.74, 6) is -0.492. The van der Waals surface area contributed by atoms with E-state index < -0.39 is 10.0 Å². The first-order valence-electron chi connectivity index (χ1n) is 11.9. The van der Waals surface area contributed by atoms with E-state index in [4.69, 9.17) is 4.74 Å². The van der Waals surface area contributed by atoms with Crippen LogP contribution in [0.5, 0.6) is 0 Å². The van der Waals surface area contributed by atoms with E-state index in [-0.39, 0.29) is 34.8 Å². The molecule has 35 heavy (non-hydrogen) atoms. The van der Waals surface area contributed by atoms with Gasteiger partial charge < -0.3 is 10.1 Å². The number of benzene rings is 2. The molecule has 0 atom stereocenters. The van der Waals surface area contributed by atoms with Gasteiger partial charge in [0.2, 0.25) is 15.9 Å². The minimum Gasteiger partial charge on any atom is -0.463 e. The first-order chi connectivity index (χ1) is 16.6. The first kappa shape index (κ1) is 25.1. The zero-order valence-electron chi connectivity index (χ0n) is 20.2. The molecule has 0 unspecified atom stereocenters. The Morgan fingerprint density at radius 2 is 1.71 bits per heavy atom. The quantitative estimate of drug-likeness (QED) is 0.559. The molecule has 186 valence electrons. The summed E-state index contributed by atoms with van der Waals surface area (Å²) in [6.45, 7) is 5.11. The lowest BCUT2D eigenvalue weighted by Crippen LogP contribution is -2.39. The van der Waals surface area contributed by atoms with Crippen LogP contribution in [0.4, 0.5) is 11.4 Å². The van der Waals surface area contributed by atoms with Gasteiger partial charge in [-0.1, -0.05) is 12.1 Å². The summed E-state index contributed by atoms with van der Waals surface area (Å²) in [6, 6.07) is 12.2. The van der Waals surface area contributed by atoms with Crippen molar-refractivity contribution in [1.29, 1.82) is 0 Å². The first-order valence-corrected chi connectivity index (χ1v) is 13.4.